The van der Waals surface area contributed by atoms with Gasteiger partial charge in [-0.05, 0) is 37.7 Å². The van der Waals surface area contributed by atoms with Crippen molar-refractivity contribution in [2.45, 2.75) is 18.6 Å². The topological polar surface area (TPSA) is 127 Å². The molecule has 7 heteroatoms. The molecule has 0 radical (unpaired) electrons. The van der Waals surface area contributed by atoms with Gasteiger partial charge in [-0.2, -0.15) is 0 Å². The Bertz CT molecular complexity index is 502. The zero-order chi connectivity index (χ0) is 15.3. The quantitative estimate of drug-likeness (QED) is 0.479. The van der Waals surface area contributed by atoms with Crippen LogP contribution in [0.5, 0.6) is 0 Å². The lowest BCUT2D eigenvalue weighted by Crippen LogP contribution is -2.25. The Morgan fingerprint density at radius 1 is 1.20 bits per heavy atom. The van der Waals surface area contributed by atoms with E-state index in [1.54, 1.807) is 7.05 Å². The number of carboxylic acids is 2. The first-order chi connectivity index (χ1) is 9.38. The van der Waals surface area contributed by atoms with Crippen LogP contribution in [-0.2, 0) is 0 Å². The molecule has 0 saturated carbocycles. The van der Waals surface area contributed by atoms with Crippen LogP contribution in [0.3, 0.4) is 0 Å². The van der Waals surface area contributed by atoms with Crippen LogP contribution in [0.1, 0.15) is 38.8 Å². The molecular weight excluding hydrogens is 266 g/mol. The molecule has 0 aliphatic heterocycles. The summed E-state index contributed by atoms with van der Waals surface area (Å²) in [6.45, 7) is 0.452. The first-order valence-electron chi connectivity index (χ1n) is 5.99. The minimum Gasteiger partial charge on any atom is -0.478 e. The van der Waals surface area contributed by atoms with E-state index in [0.29, 0.717) is 6.54 Å². The minimum atomic E-state index is -1.39. The summed E-state index contributed by atoms with van der Waals surface area (Å²) in [5.74, 6) is -2.62. The van der Waals surface area contributed by atoms with E-state index in [0.717, 1.165) is 6.07 Å². The standard InChI is InChI=1S/C13H17NO6/c1-14-5-4-10(15)11(16)8-3-2-7(12(17)18)6-9(8)13(19)20/h2-3,6,10-11,14-16H,4-5H2,1H3,(H,17,18)(H,19,20). The SMILES string of the molecule is CNCCC(O)C(O)c1ccc(C(=O)O)cc1C(=O)O. The first kappa shape index (κ1) is 16.1. The summed E-state index contributed by atoms with van der Waals surface area (Å²) >= 11 is 0. The maximum Gasteiger partial charge on any atom is 0.336 e. The molecule has 0 fully saturated rings. The fourth-order valence-corrected chi connectivity index (χ4v) is 1.79. The van der Waals surface area contributed by atoms with Gasteiger partial charge in [-0.25, -0.2) is 9.59 Å². The van der Waals surface area contributed by atoms with Gasteiger partial charge in [-0.15, -0.1) is 0 Å². The van der Waals surface area contributed by atoms with Gasteiger partial charge in [0.05, 0.1) is 17.2 Å². The van der Waals surface area contributed by atoms with Crippen LogP contribution in [-0.4, -0.2) is 52.1 Å². The fourth-order valence-electron chi connectivity index (χ4n) is 1.79. The lowest BCUT2D eigenvalue weighted by atomic mass is 9.95. The summed E-state index contributed by atoms with van der Waals surface area (Å²) in [6.07, 6.45) is -2.30. The molecule has 7 nitrogen and oxygen atoms in total. The predicted molar refractivity (Wildman–Crippen MR) is 69.9 cm³/mol. The predicted octanol–water partition coefficient (Wildman–Crippen LogP) is 0.0868. The van der Waals surface area contributed by atoms with E-state index in [-0.39, 0.29) is 23.1 Å². The van der Waals surface area contributed by atoms with Gasteiger partial charge >= 0.3 is 11.9 Å². The molecule has 1 rings (SSSR count). The van der Waals surface area contributed by atoms with Crippen LogP contribution in [0.15, 0.2) is 18.2 Å². The van der Waals surface area contributed by atoms with Gasteiger partial charge in [-0.1, -0.05) is 6.07 Å². The molecule has 0 aliphatic rings. The second-order valence-electron chi connectivity index (χ2n) is 4.32. The van der Waals surface area contributed by atoms with Crippen molar-refractivity contribution in [2.24, 2.45) is 0 Å². The van der Waals surface area contributed by atoms with Gasteiger partial charge in [0.1, 0.15) is 6.10 Å². The van der Waals surface area contributed by atoms with Crippen molar-refractivity contribution in [1.29, 1.82) is 0 Å². The van der Waals surface area contributed by atoms with Crippen LogP contribution in [0, 0.1) is 0 Å². The van der Waals surface area contributed by atoms with E-state index in [2.05, 4.69) is 5.32 Å². The van der Waals surface area contributed by atoms with Crippen LogP contribution in [0.2, 0.25) is 0 Å². The number of carbonyl (C=O) groups is 2. The molecule has 20 heavy (non-hydrogen) atoms. The fraction of sp³-hybridized carbons (Fsp3) is 0.385. The molecular formula is C13H17NO6. The number of hydrogen-bond acceptors (Lipinski definition) is 5. The third-order valence-corrected chi connectivity index (χ3v) is 2.90. The van der Waals surface area contributed by atoms with E-state index in [9.17, 15) is 19.8 Å². The normalized spacial score (nSPS) is 13.8. The van der Waals surface area contributed by atoms with Gasteiger partial charge in [0, 0.05) is 0 Å². The Hall–Kier alpha value is -1.96. The van der Waals surface area contributed by atoms with Gasteiger partial charge < -0.3 is 25.7 Å². The third-order valence-electron chi connectivity index (χ3n) is 2.90. The van der Waals surface area contributed by atoms with Crippen LogP contribution >= 0.6 is 0 Å². The number of rotatable bonds is 7. The van der Waals surface area contributed by atoms with Crippen molar-refractivity contribution in [3.8, 4) is 0 Å². The second-order valence-corrected chi connectivity index (χ2v) is 4.32. The lowest BCUT2D eigenvalue weighted by Gasteiger charge is -2.20. The average molecular weight is 283 g/mol. The maximum absolute atomic E-state index is 11.1. The molecule has 5 N–H and O–H groups in total. The average Bonchev–Trinajstić information content (AvgIpc) is 2.42. The molecule has 0 saturated heterocycles. The molecule has 110 valence electrons. The number of hydrogen-bond donors (Lipinski definition) is 5. The summed E-state index contributed by atoms with van der Waals surface area (Å²) in [5, 5.41) is 40.5. The molecule has 0 spiro atoms. The highest BCUT2D eigenvalue weighted by molar-refractivity contribution is 5.95. The van der Waals surface area contributed by atoms with Gasteiger partial charge in [0.15, 0.2) is 0 Å². The molecule has 1 aromatic carbocycles. The number of nitrogens with one attached hydrogen (secondary N) is 1. The Kier molecular flexibility index (Phi) is 5.63. The zero-order valence-electron chi connectivity index (χ0n) is 10.9. The van der Waals surface area contributed by atoms with E-state index in [1.807, 2.05) is 0 Å². The minimum absolute atomic E-state index is 0.00824. The zero-order valence-corrected chi connectivity index (χ0v) is 10.9. The number of aromatic carboxylic acids is 2. The largest absolute Gasteiger partial charge is 0.478 e. The molecule has 0 amide bonds. The summed E-state index contributed by atoms with van der Waals surface area (Å²) in [6, 6.07) is 3.37. The summed E-state index contributed by atoms with van der Waals surface area (Å²) < 4.78 is 0. The van der Waals surface area contributed by atoms with Gasteiger partial charge in [0.25, 0.3) is 0 Å². The third kappa shape index (κ3) is 3.77. The van der Waals surface area contributed by atoms with Crippen molar-refractivity contribution < 1.29 is 30.0 Å². The lowest BCUT2D eigenvalue weighted by molar-refractivity contribution is 0.0131. The smallest absolute Gasteiger partial charge is 0.336 e. The van der Waals surface area contributed by atoms with Crippen LogP contribution in [0.25, 0.3) is 0 Å². The number of benzene rings is 1. The Balaban J connectivity index is 3.10. The summed E-state index contributed by atoms with van der Waals surface area (Å²) in [4.78, 5) is 22.0. The Labute approximate surface area is 115 Å². The van der Waals surface area contributed by atoms with Crippen LogP contribution in [0.4, 0.5) is 0 Å². The molecule has 0 aromatic heterocycles. The summed E-state index contributed by atoms with van der Waals surface area (Å²) in [5.41, 5.74) is -0.532. The molecule has 2 unspecified atom stereocenters. The van der Waals surface area contributed by atoms with Crippen molar-refractivity contribution in [3.05, 3.63) is 34.9 Å². The van der Waals surface area contributed by atoms with Crippen molar-refractivity contribution in [1.82, 2.24) is 5.32 Å². The highest BCUT2D eigenvalue weighted by atomic mass is 16.4. The number of aliphatic hydroxyl groups excluding tert-OH is 2. The highest BCUT2D eigenvalue weighted by Gasteiger charge is 2.24. The van der Waals surface area contributed by atoms with E-state index in [4.69, 9.17) is 10.2 Å². The van der Waals surface area contributed by atoms with Gasteiger partial charge in [0.2, 0.25) is 0 Å². The Morgan fingerprint density at radius 3 is 2.35 bits per heavy atom. The molecule has 2 atom stereocenters. The Morgan fingerprint density at radius 2 is 1.85 bits per heavy atom. The number of aliphatic hydroxyl groups is 2. The molecule has 0 aliphatic carbocycles. The van der Waals surface area contributed by atoms with E-state index < -0.39 is 24.1 Å². The van der Waals surface area contributed by atoms with E-state index in [1.165, 1.54) is 12.1 Å². The summed E-state index contributed by atoms with van der Waals surface area (Å²) in [7, 11) is 1.68. The van der Waals surface area contributed by atoms with Crippen molar-refractivity contribution >= 4 is 11.9 Å². The number of carboxylic acid groups (broad SMARTS) is 2. The maximum atomic E-state index is 11.1. The molecule has 1 aromatic rings. The first-order valence-corrected chi connectivity index (χ1v) is 5.99. The van der Waals surface area contributed by atoms with Crippen molar-refractivity contribution in [3.63, 3.8) is 0 Å². The van der Waals surface area contributed by atoms with E-state index >= 15 is 0 Å². The van der Waals surface area contributed by atoms with Crippen molar-refractivity contribution in [2.75, 3.05) is 13.6 Å². The molecule has 0 bridgehead atoms. The second kappa shape index (κ2) is 6.99. The van der Waals surface area contributed by atoms with Gasteiger partial charge in [-0.3, -0.25) is 0 Å². The highest BCUT2D eigenvalue weighted by Crippen LogP contribution is 2.24. The monoisotopic (exact) mass is 283 g/mol. The van der Waals surface area contributed by atoms with Crippen LogP contribution < -0.4 is 5.32 Å². The molecule has 0 heterocycles.